The minimum atomic E-state index is -1.12. The largest absolute Gasteiger partial charge is 0.504 e. The fourth-order valence-corrected chi connectivity index (χ4v) is 3.12. The fraction of sp³-hybridized carbons (Fsp3) is 0.0800. The van der Waals surface area contributed by atoms with E-state index in [0.29, 0.717) is 23.5 Å². The van der Waals surface area contributed by atoms with Gasteiger partial charge in [0, 0.05) is 35.2 Å². The average Bonchev–Trinajstić information content (AvgIpc) is 2.83. The molecule has 0 bridgehead atoms. The van der Waals surface area contributed by atoms with Crippen LogP contribution < -0.4 is 15.1 Å². The third-order valence-electron chi connectivity index (χ3n) is 4.78. The van der Waals surface area contributed by atoms with Crippen LogP contribution in [-0.2, 0) is 13.2 Å². The Bertz CT molecular complexity index is 1310. The third-order valence-corrected chi connectivity index (χ3v) is 4.78. The van der Waals surface area contributed by atoms with Crippen LogP contribution >= 0.6 is 0 Å². The van der Waals surface area contributed by atoms with E-state index in [4.69, 9.17) is 13.9 Å². The molecule has 0 saturated carbocycles. The standard InChI is InChI=1S/C25H19NO7/c27-21-12-22(17-7-9-19(10-8-17)31-14-16-4-3-11-26-13-16)33-25(30)23(21)32-15-18-5-1-2-6-20(18)24(28)29/h1-13,27H,14-15H2,(H,28,29). The summed E-state index contributed by atoms with van der Waals surface area (Å²) >= 11 is 0. The quantitative estimate of drug-likeness (QED) is 0.413. The van der Waals surface area contributed by atoms with Crippen molar-refractivity contribution >= 4 is 5.97 Å². The van der Waals surface area contributed by atoms with Crippen molar-refractivity contribution in [3.63, 3.8) is 0 Å². The van der Waals surface area contributed by atoms with Gasteiger partial charge in [-0.3, -0.25) is 4.98 Å². The lowest BCUT2D eigenvalue weighted by Crippen LogP contribution is -2.10. The van der Waals surface area contributed by atoms with Gasteiger partial charge in [-0.25, -0.2) is 9.59 Å². The molecule has 0 fully saturated rings. The Labute approximate surface area is 188 Å². The van der Waals surface area contributed by atoms with Crippen molar-refractivity contribution in [1.82, 2.24) is 4.98 Å². The molecule has 8 nitrogen and oxygen atoms in total. The van der Waals surface area contributed by atoms with Crippen molar-refractivity contribution in [2.75, 3.05) is 0 Å². The van der Waals surface area contributed by atoms with E-state index in [1.807, 2.05) is 12.1 Å². The summed E-state index contributed by atoms with van der Waals surface area (Å²) in [6.45, 7) is 0.142. The van der Waals surface area contributed by atoms with Crippen molar-refractivity contribution in [2.45, 2.75) is 13.2 Å². The van der Waals surface area contributed by atoms with Gasteiger partial charge in [-0.15, -0.1) is 0 Å². The Morgan fingerprint density at radius 3 is 2.45 bits per heavy atom. The van der Waals surface area contributed by atoms with Gasteiger partial charge in [0.1, 0.15) is 24.7 Å². The number of hydrogen-bond donors (Lipinski definition) is 2. The predicted molar refractivity (Wildman–Crippen MR) is 118 cm³/mol. The maximum atomic E-state index is 12.4. The number of benzene rings is 2. The van der Waals surface area contributed by atoms with Crippen LogP contribution in [0.2, 0.25) is 0 Å². The first-order valence-electron chi connectivity index (χ1n) is 9.94. The summed E-state index contributed by atoms with van der Waals surface area (Å²) in [5.74, 6) is -1.16. The molecule has 0 aliphatic carbocycles. The van der Waals surface area contributed by atoms with E-state index >= 15 is 0 Å². The van der Waals surface area contributed by atoms with E-state index < -0.39 is 23.1 Å². The van der Waals surface area contributed by atoms with Crippen LogP contribution in [0.25, 0.3) is 11.3 Å². The normalized spacial score (nSPS) is 10.5. The van der Waals surface area contributed by atoms with Gasteiger partial charge in [0.05, 0.1) is 5.56 Å². The lowest BCUT2D eigenvalue weighted by Gasteiger charge is -2.10. The van der Waals surface area contributed by atoms with Crippen LogP contribution in [0.1, 0.15) is 21.5 Å². The minimum absolute atomic E-state index is 0.0452. The molecule has 0 saturated heterocycles. The lowest BCUT2D eigenvalue weighted by molar-refractivity contribution is 0.0694. The summed E-state index contributed by atoms with van der Waals surface area (Å²) in [5.41, 5.74) is 1.01. The molecule has 8 heteroatoms. The number of aromatic carboxylic acids is 1. The SMILES string of the molecule is O=C(O)c1ccccc1COc1c(O)cc(-c2ccc(OCc3cccnc3)cc2)oc1=O. The van der Waals surface area contributed by atoms with Gasteiger partial charge in [0.2, 0.25) is 5.75 Å². The Kier molecular flexibility index (Phi) is 6.36. The van der Waals surface area contributed by atoms with Gasteiger partial charge in [0.15, 0.2) is 5.75 Å². The monoisotopic (exact) mass is 445 g/mol. The highest BCUT2D eigenvalue weighted by atomic mass is 16.5. The van der Waals surface area contributed by atoms with E-state index in [2.05, 4.69) is 4.98 Å². The summed E-state index contributed by atoms with van der Waals surface area (Å²) in [7, 11) is 0. The van der Waals surface area contributed by atoms with Crippen molar-refractivity contribution < 1.29 is 28.9 Å². The highest BCUT2D eigenvalue weighted by Crippen LogP contribution is 2.30. The van der Waals surface area contributed by atoms with Crippen molar-refractivity contribution in [1.29, 1.82) is 0 Å². The summed E-state index contributed by atoms with van der Waals surface area (Å²) in [6.07, 6.45) is 3.41. The van der Waals surface area contributed by atoms with Gasteiger partial charge < -0.3 is 24.1 Å². The summed E-state index contributed by atoms with van der Waals surface area (Å²) < 4.78 is 16.4. The molecule has 2 N–H and O–H groups in total. The van der Waals surface area contributed by atoms with E-state index in [1.54, 1.807) is 54.9 Å². The second-order valence-corrected chi connectivity index (χ2v) is 7.04. The minimum Gasteiger partial charge on any atom is -0.504 e. The number of aromatic hydroxyl groups is 1. The molecule has 4 aromatic rings. The van der Waals surface area contributed by atoms with Gasteiger partial charge in [0.25, 0.3) is 0 Å². The Balaban J connectivity index is 1.47. The van der Waals surface area contributed by atoms with E-state index in [1.165, 1.54) is 12.1 Å². The topological polar surface area (TPSA) is 119 Å². The zero-order valence-electron chi connectivity index (χ0n) is 17.3. The smallest absolute Gasteiger partial charge is 0.383 e. The van der Waals surface area contributed by atoms with Crippen molar-refractivity contribution in [2.24, 2.45) is 0 Å². The molecule has 2 aromatic heterocycles. The first-order valence-corrected chi connectivity index (χ1v) is 9.94. The first-order chi connectivity index (χ1) is 16.0. The molecule has 0 radical (unpaired) electrons. The lowest BCUT2D eigenvalue weighted by atomic mass is 10.1. The second kappa shape index (κ2) is 9.69. The zero-order valence-corrected chi connectivity index (χ0v) is 17.3. The molecule has 0 unspecified atom stereocenters. The van der Waals surface area contributed by atoms with Crippen molar-refractivity contribution in [3.8, 4) is 28.6 Å². The number of rotatable bonds is 8. The van der Waals surface area contributed by atoms with Gasteiger partial charge in [-0.1, -0.05) is 24.3 Å². The molecule has 2 aromatic carbocycles. The molecule has 0 aliphatic rings. The summed E-state index contributed by atoms with van der Waals surface area (Å²) in [6, 6.07) is 18.1. The number of carboxylic acid groups (broad SMARTS) is 1. The molecule has 33 heavy (non-hydrogen) atoms. The molecule has 2 heterocycles. The third kappa shape index (κ3) is 5.19. The van der Waals surface area contributed by atoms with Crippen LogP contribution in [0.4, 0.5) is 0 Å². The van der Waals surface area contributed by atoms with Gasteiger partial charge >= 0.3 is 11.6 Å². The van der Waals surface area contributed by atoms with Crippen LogP contribution in [-0.4, -0.2) is 21.2 Å². The van der Waals surface area contributed by atoms with Gasteiger partial charge in [-0.2, -0.15) is 0 Å². The van der Waals surface area contributed by atoms with Crippen LogP contribution in [0, 0.1) is 0 Å². The fourth-order valence-electron chi connectivity index (χ4n) is 3.12. The second-order valence-electron chi connectivity index (χ2n) is 7.04. The molecular weight excluding hydrogens is 426 g/mol. The summed E-state index contributed by atoms with van der Waals surface area (Å²) in [4.78, 5) is 27.7. The maximum Gasteiger partial charge on any atom is 0.383 e. The Morgan fingerprint density at radius 2 is 1.76 bits per heavy atom. The van der Waals surface area contributed by atoms with Crippen LogP contribution in [0.5, 0.6) is 17.2 Å². The number of aromatic nitrogens is 1. The maximum absolute atomic E-state index is 12.4. The number of nitrogens with zero attached hydrogens (tertiary/aromatic N) is 1. The molecule has 4 rings (SSSR count). The molecule has 0 aliphatic heterocycles. The predicted octanol–water partition coefficient (Wildman–Crippen LogP) is 4.26. The van der Waals surface area contributed by atoms with Gasteiger partial charge in [-0.05, 0) is 36.4 Å². The van der Waals surface area contributed by atoms with E-state index in [9.17, 15) is 19.8 Å². The molecule has 166 valence electrons. The molecule has 0 amide bonds. The number of carboxylic acids is 1. The highest BCUT2D eigenvalue weighted by Gasteiger charge is 2.16. The Morgan fingerprint density at radius 1 is 0.970 bits per heavy atom. The molecule has 0 spiro atoms. The van der Waals surface area contributed by atoms with E-state index in [-0.39, 0.29) is 17.9 Å². The Hall–Kier alpha value is -4.59. The number of ether oxygens (including phenoxy) is 2. The summed E-state index contributed by atoms with van der Waals surface area (Å²) in [5, 5.41) is 19.6. The van der Waals surface area contributed by atoms with Crippen molar-refractivity contribution in [3.05, 3.63) is 106 Å². The van der Waals surface area contributed by atoms with Crippen LogP contribution in [0.15, 0.2) is 88.3 Å². The van der Waals surface area contributed by atoms with Crippen LogP contribution in [0.3, 0.4) is 0 Å². The number of pyridine rings is 1. The molecule has 0 atom stereocenters. The average molecular weight is 445 g/mol. The van der Waals surface area contributed by atoms with E-state index in [0.717, 1.165) is 5.56 Å². The first kappa shape index (κ1) is 21.6. The number of carbonyl (C=O) groups is 1. The number of hydrogen-bond acceptors (Lipinski definition) is 7. The molecular formula is C25H19NO7. The zero-order chi connectivity index (χ0) is 23.2. The highest BCUT2D eigenvalue weighted by molar-refractivity contribution is 5.89.